The predicted molar refractivity (Wildman–Crippen MR) is 69.5 cm³/mol. The molecule has 0 atom stereocenters. The Bertz CT molecular complexity index is 458. The van der Waals surface area contributed by atoms with Gasteiger partial charge in [0.1, 0.15) is 9.23 Å². The summed E-state index contributed by atoms with van der Waals surface area (Å²) in [5.74, 6) is 0.239. The molecule has 0 saturated heterocycles. The average molecular weight is 323 g/mol. The van der Waals surface area contributed by atoms with Gasteiger partial charge in [0, 0.05) is 19.0 Å². The molecule has 0 amide bonds. The molecule has 0 aromatic carbocycles. The van der Waals surface area contributed by atoms with Crippen molar-refractivity contribution in [1.82, 2.24) is 4.31 Å². The highest BCUT2D eigenvalue weighted by Crippen LogP contribution is 2.35. The van der Waals surface area contributed by atoms with Crippen LogP contribution in [0.4, 0.5) is 0 Å². The van der Waals surface area contributed by atoms with E-state index in [1.165, 1.54) is 10.4 Å². The molecule has 3 nitrogen and oxygen atoms in total. The van der Waals surface area contributed by atoms with Gasteiger partial charge in [-0.25, -0.2) is 8.42 Å². The number of sulfonamides is 1. The molecule has 0 N–H and O–H groups in total. The van der Waals surface area contributed by atoms with E-state index in [1.807, 2.05) is 0 Å². The van der Waals surface area contributed by atoms with Crippen LogP contribution in [0.3, 0.4) is 0 Å². The molecule has 1 heterocycles. The molecule has 0 bridgehead atoms. The lowest BCUT2D eigenvalue weighted by Gasteiger charge is -2.18. The lowest BCUT2D eigenvalue weighted by Crippen LogP contribution is -2.32. The highest BCUT2D eigenvalue weighted by molar-refractivity contribution is 7.89. The van der Waals surface area contributed by atoms with Crippen LogP contribution in [0, 0.1) is 0 Å². The van der Waals surface area contributed by atoms with Crippen LogP contribution in [0.1, 0.15) is 6.92 Å². The molecule has 1 aromatic heterocycles. The summed E-state index contributed by atoms with van der Waals surface area (Å²) in [6, 6.07) is 1.36. The summed E-state index contributed by atoms with van der Waals surface area (Å²) in [4.78, 5) is 0.0520. The summed E-state index contributed by atoms with van der Waals surface area (Å²) in [5, 5.41) is 0. The lowest BCUT2D eigenvalue weighted by atomic mass is 10.6. The van der Waals surface area contributed by atoms with Gasteiger partial charge in [-0.05, 0) is 6.07 Å². The molecule has 92 valence electrons. The lowest BCUT2D eigenvalue weighted by molar-refractivity contribution is 0.447. The molecule has 0 aliphatic carbocycles. The van der Waals surface area contributed by atoms with Crippen LogP contribution in [-0.2, 0) is 10.0 Å². The van der Waals surface area contributed by atoms with Crippen molar-refractivity contribution in [2.45, 2.75) is 11.8 Å². The maximum atomic E-state index is 12.1. The fourth-order valence-corrected chi connectivity index (χ4v) is 5.05. The summed E-state index contributed by atoms with van der Waals surface area (Å²) < 4.78 is 26.0. The molecule has 0 fully saturated rings. The summed E-state index contributed by atoms with van der Waals surface area (Å²) in [5.41, 5.74) is 0. The first kappa shape index (κ1) is 14.5. The Balaban J connectivity index is 3.14. The second-order valence-corrected chi connectivity index (χ2v) is 7.44. The summed E-state index contributed by atoms with van der Waals surface area (Å²) >= 11 is 18.1. The van der Waals surface area contributed by atoms with Gasteiger partial charge in [0.25, 0.3) is 0 Å². The maximum Gasteiger partial charge on any atom is 0.245 e. The van der Waals surface area contributed by atoms with E-state index in [2.05, 4.69) is 0 Å². The van der Waals surface area contributed by atoms with Crippen LogP contribution in [-0.4, -0.2) is 31.7 Å². The van der Waals surface area contributed by atoms with Crippen molar-refractivity contribution in [1.29, 1.82) is 0 Å². The molecular weight excluding hydrogens is 313 g/mol. The van der Waals surface area contributed by atoms with E-state index < -0.39 is 10.0 Å². The Morgan fingerprint density at radius 2 is 2.06 bits per heavy atom. The van der Waals surface area contributed by atoms with E-state index in [4.69, 9.17) is 34.8 Å². The van der Waals surface area contributed by atoms with Gasteiger partial charge >= 0.3 is 0 Å². The minimum Gasteiger partial charge on any atom is -0.207 e. The Hall–Kier alpha value is 0.480. The molecule has 0 radical (unpaired) electrons. The van der Waals surface area contributed by atoms with Crippen molar-refractivity contribution in [3.05, 3.63) is 14.7 Å². The molecule has 1 rings (SSSR count). The zero-order valence-corrected chi connectivity index (χ0v) is 12.3. The van der Waals surface area contributed by atoms with Crippen LogP contribution in [0.2, 0.25) is 8.67 Å². The summed E-state index contributed by atoms with van der Waals surface area (Å²) in [6.07, 6.45) is 0. The maximum absolute atomic E-state index is 12.1. The Labute approximate surface area is 114 Å². The third-order valence-electron chi connectivity index (χ3n) is 1.93. The number of thiophene rings is 1. The number of alkyl halides is 1. The van der Waals surface area contributed by atoms with Gasteiger partial charge in [0.15, 0.2) is 0 Å². The molecule has 8 heteroatoms. The SMILES string of the molecule is CCN(CCCl)S(=O)(=O)c1cc(Cl)sc1Cl. The largest absolute Gasteiger partial charge is 0.245 e. The van der Waals surface area contributed by atoms with Gasteiger partial charge in [-0.2, -0.15) is 4.31 Å². The number of rotatable bonds is 5. The molecule has 0 unspecified atom stereocenters. The van der Waals surface area contributed by atoms with Gasteiger partial charge in [0.2, 0.25) is 10.0 Å². The highest BCUT2D eigenvalue weighted by Gasteiger charge is 2.26. The fourth-order valence-electron chi connectivity index (χ4n) is 1.18. The van der Waals surface area contributed by atoms with Crippen molar-refractivity contribution in [3.8, 4) is 0 Å². The number of halogens is 3. The first-order valence-electron chi connectivity index (χ1n) is 4.44. The topological polar surface area (TPSA) is 37.4 Å². The van der Waals surface area contributed by atoms with E-state index in [0.717, 1.165) is 11.3 Å². The Kier molecular flexibility index (Phi) is 5.35. The van der Waals surface area contributed by atoms with Crippen molar-refractivity contribution in [3.63, 3.8) is 0 Å². The zero-order chi connectivity index (χ0) is 12.3. The van der Waals surface area contributed by atoms with E-state index in [-0.39, 0.29) is 21.7 Å². The van der Waals surface area contributed by atoms with Crippen LogP contribution >= 0.6 is 46.1 Å². The monoisotopic (exact) mass is 321 g/mol. The van der Waals surface area contributed by atoms with Crippen LogP contribution in [0.25, 0.3) is 0 Å². The van der Waals surface area contributed by atoms with Gasteiger partial charge in [-0.3, -0.25) is 0 Å². The van der Waals surface area contributed by atoms with Crippen LogP contribution in [0.15, 0.2) is 11.0 Å². The Morgan fingerprint density at radius 3 is 2.44 bits per heavy atom. The molecular formula is C8H10Cl3NO2S2. The first-order valence-corrected chi connectivity index (χ1v) is 7.99. The molecule has 1 aromatic rings. The summed E-state index contributed by atoms with van der Waals surface area (Å²) in [6.45, 7) is 2.34. The van der Waals surface area contributed by atoms with E-state index in [9.17, 15) is 8.42 Å². The molecule has 0 aliphatic heterocycles. The quantitative estimate of drug-likeness (QED) is 0.780. The second kappa shape index (κ2) is 5.89. The number of hydrogen-bond donors (Lipinski definition) is 0. The van der Waals surface area contributed by atoms with Gasteiger partial charge in [-0.1, -0.05) is 30.1 Å². The average Bonchev–Trinajstić information content (AvgIpc) is 2.54. The van der Waals surface area contributed by atoms with Crippen molar-refractivity contribution < 1.29 is 8.42 Å². The smallest absolute Gasteiger partial charge is 0.207 e. The zero-order valence-electron chi connectivity index (χ0n) is 8.41. The fraction of sp³-hybridized carbons (Fsp3) is 0.500. The minimum atomic E-state index is -3.58. The van der Waals surface area contributed by atoms with Crippen molar-refractivity contribution in [2.24, 2.45) is 0 Å². The van der Waals surface area contributed by atoms with Gasteiger partial charge < -0.3 is 0 Å². The van der Waals surface area contributed by atoms with Gasteiger partial charge in [-0.15, -0.1) is 22.9 Å². The first-order chi connectivity index (χ1) is 7.43. The van der Waals surface area contributed by atoms with Gasteiger partial charge in [0.05, 0.1) is 4.34 Å². The second-order valence-electron chi connectivity index (χ2n) is 2.87. The molecule has 0 saturated carbocycles. The highest BCUT2D eigenvalue weighted by atomic mass is 35.5. The van der Waals surface area contributed by atoms with Crippen molar-refractivity contribution in [2.75, 3.05) is 19.0 Å². The molecule has 16 heavy (non-hydrogen) atoms. The van der Waals surface area contributed by atoms with E-state index in [1.54, 1.807) is 6.92 Å². The third kappa shape index (κ3) is 3.03. The van der Waals surface area contributed by atoms with Crippen LogP contribution in [0.5, 0.6) is 0 Å². The minimum absolute atomic E-state index is 0.0520. The van der Waals surface area contributed by atoms with E-state index >= 15 is 0 Å². The predicted octanol–water partition coefficient (Wildman–Crippen LogP) is 3.30. The van der Waals surface area contributed by atoms with E-state index in [0.29, 0.717) is 10.9 Å². The standard InChI is InChI=1S/C8H10Cl3NO2S2/c1-2-12(4-3-9)16(13,14)6-5-7(10)15-8(6)11/h5H,2-4H2,1H3. The molecule has 0 aliphatic rings. The number of nitrogens with zero attached hydrogens (tertiary/aromatic N) is 1. The van der Waals surface area contributed by atoms with Crippen LogP contribution < -0.4 is 0 Å². The normalized spacial score (nSPS) is 12.3. The number of hydrogen-bond acceptors (Lipinski definition) is 3. The third-order valence-corrected chi connectivity index (χ3v) is 5.83. The Morgan fingerprint density at radius 1 is 1.44 bits per heavy atom. The molecule has 0 spiro atoms. The summed E-state index contributed by atoms with van der Waals surface area (Å²) in [7, 11) is -3.58. The van der Waals surface area contributed by atoms with Crippen molar-refractivity contribution >= 4 is 56.2 Å².